The van der Waals surface area contributed by atoms with Gasteiger partial charge >= 0.3 is 0 Å². The fraction of sp³-hybridized carbons (Fsp3) is 0.417. The van der Waals surface area contributed by atoms with Crippen LogP contribution in [0.5, 0.6) is 0 Å². The standard InChI is InChI=1S/C12H16ClNO2S/c1-8(17-2)12(16)14-11(7-15)9-3-5-10(13)6-4-9/h3-6,8,11,15H,7H2,1-2H3,(H,14,16). The van der Waals surface area contributed by atoms with E-state index in [0.29, 0.717) is 5.02 Å². The van der Waals surface area contributed by atoms with Gasteiger partial charge in [-0.1, -0.05) is 23.7 Å². The van der Waals surface area contributed by atoms with Gasteiger partial charge in [0.25, 0.3) is 0 Å². The molecule has 17 heavy (non-hydrogen) atoms. The third-order valence-electron chi connectivity index (χ3n) is 2.49. The van der Waals surface area contributed by atoms with E-state index in [2.05, 4.69) is 5.32 Å². The molecule has 0 aliphatic carbocycles. The van der Waals surface area contributed by atoms with Gasteiger partial charge in [0.1, 0.15) is 0 Å². The first-order chi connectivity index (χ1) is 8.08. The van der Waals surface area contributed by atoms with Crippen LogP contribution >= 0.6 is 23.4 Å². The molecule has 2 N–H and O–H groups in total. The van der Waals surface area contributed by atoms with Crippen molar-refractivity contribution in [3.05, 3.63) is 34.9 Å². The maximum atomic E-state index is 11.7. The molecule has 0 fully saturated rings. The molecule has 0 aliphatic heterocycles. The minimum absolute atomic E-state index is 0.0773. The highest BCUT2D eigenvalue weighted by Gasteiger charge is 2.17. The average Bonchev–Trinajstić information content (AvgIpc) is 2.35. The summed E-state index contributed by atoms with van der Waals surface area (Å²) in [5, 5.41) is 12.6. The molecule has 0 saturated heterocycles. The first-order valence-electron chi connectivity index (χ1n) is 5.28. The van der Waals surface area contributed by atoms with Crippen molar-refractivity contribution in [1.29, 1.82) is 0 Å². The van der Waals surface area contributed by atoms with Crippen LogP contribution in [0, 0.1) is 0 Å². The lowest BCUT2D eigenvalue weighted by Gasteiger charge is -2.18. The van der Waals surface area contributed by atoms with Crippen molar-refractivity contribution in [2.24, 2.45) is 0 Å². The van der Waals surface area contributed by atoms with Crippen LogP contribution < -0.4 is 5.32 Å². The molecule has 0 radical (unpaired) electrons. The van der Waals surface area contributed by atoms with Gasteiger partial charge in [0.05, 0.1) is 17.9 Å². The van der Waals surface area contributed by atoms with Gasteiger partial charge in [-0.05, 0) is 30.9 Å². The highest BCUT2D eigenvalue weighted by Crippen LogP contribution is 2.17. The van der Waals surface area contributed by atoms with Crippen LogP contribution in [0.1, 0.15) is 18.5 Å². The Kier molecular flexibility index (Phi) is 5.82. The van der Waals surface area contributed by atoms with Crippen molar-refractivity contribution in [3.8, 4) is 0 Å². The fourth-order valence-electron chi connectivity index (χ4n) is 1.33. The van der Waals surface area contributed by atoms with Gasteiger partial charge < -0.3 is 10.4 Å². The first-order valence-corrected chi connectivity index (χ1v) is 6.94. The van der Waals surface area contributed by atoms with Crippen LogP contribution in [0.3, 0.4) is 0 Å². The summed E-state index contributed by atoms with van der Waals surface area (Å²) < 4.78 is 0. The Balaban J connectivity index is 2.72. The molecule has 3 nitrogen and oxygen atoms in total. The third-order valence-corrected chi connectivity index (χ3v) is 3.67. The van der Waals surface area contributed by atoms with Gasteiger partial charge in [-0.3, -0.25) is 4.79 Å². The Labute approximate surface area is 111 Å². The molecule has 0 bridgehead atoms. The summed E-state index contributed by atoms with van der Waals surface area (Å²) >= 11 is 7.25. The Morgan fingerprint density at radius 1 is 1.47 bits per heavy atom. The summed E-state index contributed by atoms with van der Waals surface area (Å²) in [6, 6.07) is 6.70. The van der Waals surface area contributed by atoms with Crippen molar-refractivity contribution in [3.63, 3.8) is 0 Å². The molecule has 1 aromatic carbocycles. The number of thioether (sulfide) groups is 1. The van der Waals surface area contributed by atoms with Crippen LogP contribution in [0.4, 0.5) is 0 Å². The van der Waals surface area contributed by atoms with E-state index in [1.807, 2.05) is 13.2 Å². The second-order valence-corrected chi connectivity index (χ2v) is 5.29. The highest BCUT2D eigenvalue weighted by molar-refractivity contribution is 7.99. The summed E-state index contributed by atoms with van der Waals surface area (Å²) in [4.78, 5) is 11.7. The zero-order chi connectivity index (χ0) is 12.8. The maximum Gasteiger partial charge on any atom is 0.233 e. The van der Waals surface area contributed by atoms with Gasteiger partial charge in [0.2, 0.25) is 5.91 Å². The van der Waals surface area contributed by atoms with E-state index in [1.54, 1.807) is 24.3 Å². The zero-order valence-electron chi connectivity index (χ0n) is 9.81. The molecule has 0 aromatic heterocycles. The zero-order valence-corrected chi connectivity index (χ0v) is 11.4. The fourth-order valence-corrected chi connectivity index (χ4v) is 1.73. The van der Waals surface area contributed by atoms with Gasteiger partial charge in [0, 0.05) is 5.02 Å². The molecule has 1 rings (SSSR count). The van der Waals surface area contributed by atoms with E-state index in [0.717, 1.165) is 5.56 Å². The van der Waals surface area contributed by atoms with Crippen molar-refractivity contribution >= 4 is 29.3 Å². The topological polar surface area (TPSA) is 49.3 Å². The molecule has 0 saturated carbocycles. The number of nitrogens with one attached hydrogen (secondary N) is 1. The van der Waals surface area contributed by atoms with Crippen molar-refractivity contribution < 1.29 is 9.90 Å². The van der Waals surface area contributed by atoms with E-state index in [-0.39, 0.29) is 23.8 Å². The van der Waals surface area contributed by atoms with E-state index < -0.39 is 0 Å². The monoisotopic (exact) mass is 273 g/mol. The number of benzene rings is 1. The number of aliphatic hydroxyl groups excluding tert-OH is 1. The van der Waals surface area contributed by atoms with E-state index in [4.69, 9.17) is 11.6 Å². The van der Waals surface area contributed by atoms with Crippen molar-refractivity contribution in [1.82, 2.24) is 5.32 Å². The van der Waals surface area contributed by atoms with Crippen LogP contribution in [-0.2, 0) is 4.79 Å². The molecular formula is C12H16ClNO2S. The summed E-state index contributed by atoms with van der Waals surface area (Å²) in [6.45, 7) is 1.70. The molecular weight excluding hydrogens is 258 g/mol. The smallest absolute Gasteiger partial charge is 0.233 e. The van der Waals surface area contributed by atoms with Crippen molar-refractivity contribution in [2.75, 3.05) is 12.9 Å². The van der Waals surface area contributed by atoms with Gasteiger partial charge in [-0.15, -0.1) is 0 Å². The van der Waals surface area contributed by atoms with Gasteiger partial charge in [0.15, 0.2) is 0 Å². The quantitative estimate of drug-likeness (QED) is 0.865. The summed E-state index contributed by atoms with van der Waals surface area (Å²) in [5.74, 6) is -0.0773. The lowest BCUT2D eigenvalue weighted by Crippen LogP contribution is -2.35. The molecule has 2 atom stereocenters. The molecule has 5 heteroatoms. The number of hydrogen-bond donors (Lipinski definition) is 2. The average molecular weight is 274 g/mol. The highest BCUT2D eigenvalue weighted by atomic mass is 35.5. The molecule has 0 spiro atoms. The SMILES string of the molecule is CSC(C)C(=O)NC(CO)c1ccc(Cl)cc1. The first kappa shape index (κ1) is 14.4. The van der Waals surface area contributed by atoms with Gasteiger partial charge in [-0.25, -0.2) is 0 Å². The lowest BCUT2D eigenvalue weighted by molar-refractivity contribution is -0.121. The number of aliphatic hydroxyl groups is 1. The minimum Gasteiger partial charge on any atom is -0.394 e. The van der Waals surface area contributed by atoms with E-state index >= 15 is 0 Å². The number of carbonyl (C=O) groups is 1. The number of carbonyl (C=O) groups excluding carboxylic acids is 1. The summed E-state index contributed by atoms with van der Waals surface area (Å²) in [7, 11) is 0. The second kappa shape index (κ2) is 6.89. The predicted molar refractivity (Wildman–Crippen MR) is 72.4 cm³/mol. The van der Waals surface area contributed by atoms with Crippen LogP contribution in [-0.4, -0.2) is 29.1 Å². The lowest BCUT2D eigenvalue weighted by atomic mass is 10.1. The largest absolute Gasteiger partial charge is 0.394 e. The van der Waals surface area contributed by atoms with E-state index in [9.17, 15) is 9.90 Å². The molecule has 94 valence electrons. The normalized spacial score (nSPS) is 14.1. The number of hydrogen-bond acceptors (Lipinski definition) is 3. The molecule has 1 aromatic rings. The van der Waals surface area contributed by atoms with E-state index in [1.165, 1.54) is 11.8 Å². The summed E-state index contributed by atoms with van der Waals surface area (Å²) in [6.07, 6.45) is 1.88. The molecule has 0 heterocycles. The minimum atomic E-state index is -0.380. The second-order valence-electron chi connectivity index (χ2n) is 3.67. The Bertz CT molecular complexity index is 369. The number of rotatable bonds is 5. The maximum absolute atomic E-state index is 11.7. The Morgan fingerprint density at radius 2 is 2.06 bits per heavy atom. The van der Waals surface area contributed by atoms with Gasteiger partial charge in [-0.2, -0.15) is 11.8 Å². The molecule has 1 amide bonds. The predicted octanol–water partition coefficient (Wildman–Crippen LogP) is 2.24. The summed E-state index contributed by atoms with van der Waals surface area (Å²) in [5.41, 5.74) is 0.846. The van der Waals surface area contributed by atoms with Crippen LogP contribution in [0.25, 0.3) is 0 Å². The molecule has 0 aliphatic rings. The Hall–Kier alpha value is -0.710. The Morgan fingerprint density at radius 3 is 2.53 bits per heavy atom. The van der Waals surface area contributed by atoms with Crippen LogP contribution in [0.2, 0.25) is 5.02 Å². The van der Waals surface area contributed by atoms with Crippen LogP contribution in [0.15, 0.2) is 24.3 Å². The third kappa shape index (κ3) is 4.22. The molecule has 2 unspecified atom stereocenters. The number of amides is 1. The van der Waals surface area contributed by atoms with Crippen molar-refractivity contribution in [2.45, 2.75) is 18.2 Å². The number of halogens is 1.